The van der Waals surface area contributed by atoms with Crippen molar-refractivity contribution in [3.05, 3.63) is 64.7 Å². The van der Waals surface area contributed by atoms with Crippen LogP contribution in [0.1, 0.15) is 37.4 Å². The van der Waals surface area contributed by atoms with Crippen LogP contribution in [0.3, 0.4) is 0 Å². The van der Waals surface area contributed by atoms with Crippen LogP contribution >= 0.6 is 11.6 Å². The molecule has 0 bridgehead atoms. The van der Waals surface area contributed by atoms with Crippen LogP contribution in [-0.2, 0) is 4.79 Å². The van der Waals surface area contributed by atoms with E-state index in [0.717, 1.165) is 16.8 Å². The molecular weight excluding hydrogens is 416 g/mol. The summed E-state index contributed by atoms with van der Waals surface area (Å²) < 4.78 is 5.32. The van der Waals surface area contributed by atoms with Gasteiger partial charge in [-0.3, -0.25) is 4.79 Å². The number of hydrogen-bond acceptors (Lipinski definition) is 4. The maximum Gasteiger partial charge on any atom is 0.317 e. The second-order valence-corrected chi connectivity index (χ2v) is 8.13. The minimum absolute atomic E-state index is 0.0228. The smallest absolute Gasteiger partial charge is 0.317 e. The summed E-state index contributed by atoms with van der Waals surface area (Å²) in [6.45, 7) is 3.63. The van der Waals surface area contributed by atoms with Crippen LogP contribution in [0.2, 0.25) is 5.02 Å². The normalized spacial score (nSPS) is 15.6. The van der Waals surface area contributed by atoms with Crippen LogP contribution in [0.4, 0.5) is 4.79 Å². The van der Waals surface area contributed by atoms with Gasteiger partial charge in [-0.1, -0.05) is 41.9 Å². The average molecular weight is 443 g/mol. The molecule has 0 aliphatic carbocycles. The predicted molar refractivity (Wildman–Crippen MR) is 121 cm³/mol. The number of carbonyl (C=O) groups excluding carboxylic acids is 2. The maximum absolute atomic E-state index is 13.2. The summed E-state index contributed by atoms with van der Waals surface area (Å²) in [6.07, 6.45) is 0.505. The molecule has 0 fully saturated rings. The maximum atomic E-state index is 13.2. The van der Waals surface area contributed by atoms with Gasteiger partial charge in [0, 0.05) is 30.1 Å². The molecule has 2 aromatic carbocycles. The molecule has 1 aliphatic rings. The lowest BCUT2D eigenvalue weighted by atomic mass is 9.98. The second kappa shape index (κ2) is 9.83. The highest BCUT2D eigenvalue weighted by Crippen LogP contribution is 2.36. The highest BCUT2D eigenvalue weighted by atomic mass is 35.5. The highest BCUT2D eigenvalue weighted by molar-refractivity contribution is 6.31. The van der Waals surface area contributed by atoms with Gasteiger partial charge in [0.2, 0.25) is 0 Å². The number of hydrogen-bond donors (Lipinski definition) is 1. The largest absolute Gasteiger partial charge is 0.497 e. The topological polar surface area (TPSA) is 74.2 Å². The third-order valence-electron chi connectivity index (χ3n) is 4.96. The van der Waals surface area contributed by atoms with Crippen LogP contribution in [0.15, 0.2) is 53.6 Å². The molecule has 1 unspecified atom stereocenters. The molecular formula is C23H27ClN4O3. The zero-order chi connectivity index (χ0) is 22.5. The van der Waals surface area contributed by atoms with Crippen LogP contribution in [-0.4, -0.2) is 54.3 Å². The molecule has 0 saturated heterocycles. The van der Waals surface area contributed by atoms with Crippen molar-refractivity contribution in [1.82, 2.24) is 15.2 Å². The van der Waals surface area contributed by atoms with Crippen molar-refractivity contribution in [2.24, 2.45) is 5.10 Å². The van der Waals surface area contributed by atoms with E-state index >= 15 is 0 Å². The van der Waals surface area contributed by atoms with Gasteiger partial charge < -0.3 is 15.0 Å². The fourth-order valence-electron chi connectivity index (χ4n) is 3.41. The Balaban J connectivity index is 1.89. The van der Waals surface area contributed by atoms with Crippen molar-refractivity contribution in [2.75, 3.05) is 20.7 Å². The number of likely N-dealkylation sites (N-methyl/N-ethyl adjacent to an activating group) is 1. The Labute approximate surface area is 187 Å². The number of ether oxygens (including phenoxy) is 1. The van der Waals surface area contributed by atoms with E-state index in [1.807, 2.05) is 56.3 Å². The molecule has 2 aromatic rings. The van der Waals surface area contributed by atoms with E-state index in [0.29, 0.717) is 17.2 Å². The summed E-state index contributed by atoms with van der Waals surface area (Å²) in [7, 11) is 3.19. The summed E-state index contributed by atoms with van der Waals surface area (Å²) >= 11 is 6.45. The number of benzene rings is 2. The first-order valence-corrected chi connectivity index (χ1v) is 10.5. The van der Waals surface area contributed by atoms with Crippen LogP contribution in [0.5, 0.6) is 5.75 Å². The van der Waals surface area contributed by atoms with E-state index in [-0.39, 0.29) is 30.6 Å². The standard InChI is InChI=1S/C23H27ClN4O3/c1-15(2)25-23(30)27(3)14-22(29)28-21(18-10-5-6-11-19(18)24)13-20(26-28)16-8-7-9-17(12-16)31-4/h5-12,15,21H,13-14H2,1-4H3,(H,25,30). The third kappa shape index (κ3) is 5.35. The first-order valence-electron chi connectivity index (χ1n) is 10.1. The number of urea groups is 1. The lowest BCUT2D eigenvalue weighted by Gasteiger charge is -2.26. The molecule has 1 N–H and O–H groups in total. The summed E-state index contributed by atoms with van der Waals surface area (Å²) in [6, 6.07) is 14.3. The van der Waals surface area contributed by atoms with Crippen molar-refractivity contribution in [3.8, 4) is 5.75 Å². The number of rotatable bonds is 6. The molecule has 7 nitrogen and oxygen atoms in total. The van der Waals surface area contributed by atoms with Crippen molar-refractivity contribution in [2.45, 2.75) is 32.4 Å². The molecule has 0 spiro atoms. The number of amides is 3. The Morgan fingerprint density at radius 2 is 2.00 bits per heavy atom. The number of halogens is 1. The molecule has 0 aromatic heterocycles. The van der Waals surface area contributed by atoms with Gasteiger partial charge in [0.25, 0.3) is 5.91 Å². The summed E-state index contributed by atoms with van der Waals surface area (Å²) in [5.41, 5.74) is 2.44. The Bertz CT molecular complexity index is 992. The van der Waals surface area contributed by atoms with Crippen LogP contribution in [0, 0.1) is 0 Å². The minimum atomic E-state index is -0.357. The van der Waals surface area contributed by atoms with E-state index in [4.69, 9.17) is 16.3 Å². The molecule has 1 heterocycles. The van der Waals surface area contributed by atoms with Crippen LogP contribution < -0.4 is 10.1 Å². The van der Waals surface area contributed by atoms with Gasteiger partial charge >= 0.3 is 6.03 Å². The number of carbonyl (C=O) groups is 2. The van der Waals surface area contributed by atoms with Crippen molar-refractivity contribution < 1.29 is 14.3 Å². The lowest BCUT2D eigenvalue weighted by Crippen LogP contribution is -2.45. The van der Waals surface area contributed by atoms with Gasteiger partial charge in [-0.2, -0.15) is 5.10 Å². The molecule has 0 saturated carbocycles. The molecule has 3 rings (SSSR count). The Kier molecular flexibility index (Phi) is 7.17. The summed E-state index contributed by atoms with van der Waals surface area (Å²) in [5, 5.41) is 9.42. The average Bonchev–Trinajstić information content (AvgIpc) is 3.19. The number of nitrogens with zero attached hydrogens (tertiary/aromatic N) is 3. The van der Waals surface area contributed by atoms with E-state index in [1.165, 1.54) is 9.91 Å². The highest BCUT2D eigenvalue weighted by Gasteiger charge is 2.35. The predicted octanol–water partition coefficient (Wildman–Crippen LogP) is 4.08. The van der Waals surface area contributed by atoms with Crippen molar-refractivity contribution in [1.29, 1.82) is 0 Å². The number of nitrogens with one attached hydrogen (secondary N) is 1. The molecule has 164 valence electrons. The SMILES string of the molecule is COc1cccc(C2=NN(C(=O)CN(C)C(=O)NC(C)C)C(c3ccccc3Cl)C2)c1. The van der Waals surface area contributed by atoms with Crippen LogP contribution in [0.25, 0.3) is 0 Å². The molecule has 3 amide bonds. The van der Waals surface area contributed by atoms with Crippen molar-refractivity contribution in [3.63, 3.8) is 0 Å². The van der Waals surface area contributed by atoms with Gasteiger partial charge in [0.05, 0.1) is 18.9 Å². The number of methoxy groups -OCH3 is 1. The molecule has 1 aliphatic heterocycles. The number of hydrazone groups is 1. The second-order valence-electron chi connectivity index (χ2n) is 7.72. The third-order valence-corrected chi connectivity index (χ3v) is 5.31. The Morgan fingerprint density at radius 3 is 2.68 bits per heavy atom. The zero-order valence-electron chi connectivity index (χ0n) is 18.1. The Morgan fingerprint density at radius 1 is 1.26 bits per heavy atom. The summed E-state index contributed by atoms with van der Waals surface area (Å²) in [4.78, 5) is 26.8. The molecule has 1 atom stereocenters. The quantitative estimate of drug-likeness (QED) is 0.732. The van der Waals surface area contributed by atoms with Gasteiger partial charge in [-0.25, -0.2) is 9.80 Å². The Hall–Kier alpha value is -3.06. The minimum Gasteiger partial charge on any atom is -0.497 e. The molecule has 8 heteroatoms. The van der Waals surface area contributed by atoms with E-state index in [9.17, 15) is 9.59 Å². The van der Waals surface area contributed by atoms with Gasteiger partial charge in [0.15, 0.2) is 0 Å². The molecule has 0 radical (unpaired) electrons. The van der Waals surface area contributed by atoms with E-state index in [1.54, 1.807) is 20.2 Å². The first kappa shape index (κ1) is 22.6. The lowest BCUT2D eigenvalue weighted by molar-refractivity contribution is -0.133. The van der Waals surface area contributed by atoms with Crippen molar-refractivity contribution >= 4 is 29.3 Å². The van der Waals surface area contributed by atoms with E-state index in [2.05, 4.69) is 10.4 Å². The summed E-state index contributed by atoms with van der Waals surface area (Å²) in [5.74, 6) is 0.425. The fourth-order valence-corrected chi connectivity index (χ4v) is 3.67. The first-order chi connectivity index (χ1) is 14.8. The van der Waals surface area contributed by atoms with Gasteiger partial charge in [-0.05, 0) is 37.6 Å². The zero-order valence-corrected chi connectivity index (χ0v) is 18.9. The van der Waals surface area contributed by atoms with E-state index < -0.39 is 0 Å². The molecule has 31 heavy (non-hydrogen) atoms. The van der Waals surface area contributed by atoms with Gasteiger partial charge in [-0.15, -0.1) is 0 Å². The van der Waals surface area contributed by atoms with Gasteiger partial charge in [0.1, 0.15) is 12.3 Å². The monoisotopic (exact) mass is 442 g/mol. The fraction of sp³-hybridized carbons (Fsp3) is 0.348.